The monoisotopic (exact) mass is 91.1 g/mol. The molecule has 0 fully saturated rings. The molecule has 0 radical (unpaired) electrons. The van der Waals surface area contributed by atoms with Crippen molar-refractivity contribution in [2.45, 2.75) is 0 Å². The van der Waals surface area contributed by atoms with Crippen LogP contribution in [0.25, 0.3) is 0 Å². The molecular formula is C3H9NO2. The van der Waals surface area contributed by atoms with Crippen molar-refractivity contribution >= 4 is 0 Å². The Morgan fingerprint density at radius 2 is 2.50 bits per heavy atom. The smallest absolute Gasteiger partial charge is 0.0944 e. The molecule has 0 aliphatic heterocycles. The summed E-state index contributed by atoms with van der Waals surface area (Å²) in [4.78, 5) is 3.72. The average molecular weight is 91.1 g/mol. The molecule has 0 aromatic heterocycles. The normalized spacial score (nSPS) is 9.00. The molecule has 38 valence electrons. The van der Waals surface area contributed by atoms with Gasteiger partial charge in [-0.05, 0) is 7.05 Å². The first-order valence-electron chi connectivity index (χ1n) is 1.82. The first-order valence-corrected chi connectivity index (χ1v) is 1.82. The van der Waals surface area contributed by atoms with E-state index in [1.807, 2.05) is 0 Å². The minimum atomic E-state index is 0.358. The summed E-state index contributed by atoms with van der Waals surface area (Å²) in [5.41, 5.74) is 0. The zero-order valence-corrected chi connectivity index (χ0v) is 3.77. The van der Waals surface area contributed by atoms with Gasteiger partial charge in [0.05, 0.1) is 6.61 Å². The van der Waals surface area contributed by atoms with Gasteiger partial charge in [0.1, 0.15) is 0 Å². The summed E-state index contributed by atoms with van der Waals surface area (Å²) in [6.45, 7) is 1.05. The van der Waals surface area contributed by atoms with Crippen molar-refractivity contribution in [2.24, 2.45) is 0 Å². The van der Waals surface area contributed by atoms with Crippen LogP contribution in [0.2, 0.25) is 0 Å². The second-order valence-corrected chi connectivity index (χ2v) is 0.937. The largest absolute Gasteiger partial charge is 0.317 e. The molecule has 0 spiro atoms. The van der Waals surface area contributed by atoms with Gasteiger partial charge in [-0.2, -0.15) is 0 Å². The zero-order valence-electron chi connectivity index (χ0n) is 3.77. The molecular weight excluding hydrogens is 82.0 g/mol. The molecule has 0 aliphatic carbocycles. The Morgan fingerprint density at radius 3 is 2.67 bits per heavy atom. The molecule has 3 heteroatoms. The summed E-state index contributed by atoms with van der Waals surface area (Å²) in [5, 5.41) is 10.4. The molecule has 0 rings (SSSR count). The highest BCUT2D eigenvalue weighted by atomic mass is 17.1. The van der Waals surface area contributed by atoms with Crippen molar-refractivity contribution in [3.63, 3.8) is 0 Å². The first-order chi connectivity index (χ1) is 2.91. The molecule has 0 atom stereocenters. The number of rotatable bonds is 3. The van der Waals surface area contributed by atoms with E-state index in [0.717, 1.165) is 0 Å². The molecule has 0 aromatic rings. The van der Waals surface area contributed by atoms with E-state index >= 15 is 0 Å². The van der Waals surface area contributed by atoms with Gasteiger partial charge in [-0.25, -0.2) is 4.89 Å². The number of hydrogen-bond donors (Lipinski definition) is 2. The lowest BCUT2D eigenvalue weighted by atomic mass is 10.7. The van der Waals surface area contributed by atoms with E-state index in [1.54, 1.807) is 7.05 Å². The fourth-order valence-corrected chi connectivity index (χ4v) is 0.148. The van der Waals surface area contributed by atoms with Crippen LogP contribution in [0, 0.1) is 0 Å². The SMILES string of the molecule is CNCCOO. The van der Waals surface area contributed by atoms with E-state index in [2.05, 4.69) is 10.2 Å². The highest BCUT2D eigenvalue weighted by molar-refractivity contribution is 4.28. The summed E-state index contributed by atoms with van der Waals surface area (Å²) in [6, 6.07) is 0. The van der Waals surface area contributed by atoms with Crippen molar-refractivity contribution in [1.82, 2.24) is 5.32 Å². The topological polar surface area (TPSA) is 41.5 Å². The van der Waals surface area contributed by atoms with Crippen LogP contribution in [0.4, 0.5) is 0 Å². The van der Waals surface area contributed by atoms with E-state index in [4.69, 9.17) is 5.26 Å². The van der Waals surface area contributed by atoms with Gasteiger partial charge in [0, 0.05) is 6.54 Å². The quantitative estimate of drug-likeness (QED) is 0.284. The second-order valence-electron chi connectivity index (χ2n) is 0.937. The van der Waals surface area contributed by atoms with Crippen LogP contribution in [-0.2, 0) is 4.89 Å². The van der Waals surface area contributed by atoms with Crippen molar-refractivity contribution in [3.05, 3.63) is 0 Å². The van der Waals surface area contributed by atoms with Crippen LogP contribution in [0.3, 0.4) is 0 Å². The molecule has 6 heavy (non-hydrogen) atoms. The van der Waals surface area contributed by atoms with E-state index in [0.29, 0.717) is 13.2 Å². The Labute approximate surface area is 36.9 Å². The minimum absolute atomic E-state index is 0.358. The first kappa shape index (κ1) is 5.88. The van der Waals surface area contributed by atoms with Crippen molar-refractivity contribution in [3.8, 4) is 0 Å². The third kappa shape index (κ3) is 3.88. The Hall–Kier alpha value is -0.120. The Kier molecular flexibility index (Phi) is 4.78. The number of nitrogens with one attached hydrogen (secondary N) is 1. The predicted octanol–water partition coefficient (Wildman–Crippen LogP) is -0.305. The van der Waals surface area contributed by atoms with Gasteiger partial charge in [0.15, 0.2) is 0 Å². The van der Waals surface area contributed by atoms with Crippen molar-refractivity contribution < 1.29 is 10.1 Å². The van der Waals surface area contributed by atoms with Gasteiger partial charge in [0.25, 0.3) is 0 Å². The molecule has 0 heterocycles. The van der Waals surface area contributed by atoms with E-state index < -0.39 is 0 Å². The highest BCUT2D eigenvalue weighted by Crippen LogP contribution is 1.56. The van der Waals surface area contributed by atoms with Gasteiger partial charge < -0.3 is 5.32 Å². The van der Waals surface area contributed by atoms with Gasteiger partial charge >= 0.3 is 0 Å². The second kappa shape index (κ2) is 4.88. The number of likely N-dealkylation sites (N-methyl/N-ethyl adjacent to an activating group) is 1. The van der Waals surface area contributed by atoms with Gasteiger partial charge in [0.2, 0.25) is 0 Å². The highest BCUT2D eigenvalue weighted by Gasteiger charge is 1.74. The summed E-state index contributed by atoms with van der Waals surface area (Å²) in [6.07, 6.45) is 0. The molecule has 0 aliphatic rings. The Balaban J connectivity index is 2.34. The lowest BCUT2D eigenvalue weighted by Crippen LogP contribution is -2.12. The minimum Gasteiger partial charge on any atom is -0.317 e. The van der Waals surface area contributed by atoms with Crippen molar-refractivity contribution in [2.75, 3.05) is 20.2 Å². The van der Waals surface area contributed by atoms with Crippen LogP contribution >= 0.6 is 0 Å². The summed E-state index contributed by atoms with van der Waals surface area (Å²) >= 11 is 0. The van der Waals surface area contributed by atoms with E-state index in [9.17, 15) is 0 Å². The van der Waals surface area contributed by atoms with E-state index in [1.165, 1.54) is 0 Å². The van der Waals surface area contributed by atoms with Crippen LogP contribution in [0.1, 0.15) is 0 Å². The molecule has 0 bridgehead atoms. The fourth-order valence-electron chi connectivity index (χ4n) is 0.148. The average Bonchev–Trinajstić information content (AvgIpc) is 1.61. The lowest BCUT2D eigenvalue weighted by Gasteiger charge is -1.90. The summed E-state index contributed by atoms with van der Waals surface area (Å²) in [7, 11) is 1.79. The third-order valence-electron chi connectivity index (χ3n) is 0.443. The maximum absolute atomic E-state index is 7.66. The van der Waals surface area contributed by atoms with Gasteiger partial charge in [-0.1, -0.05) is 0 Å². The number of hydrogen-bond acceptors (Lipinski definition) is 3. The molecule has 0 saturated heterocycles. The Bertz CT molecular complexity index is 20.8. The molecule has 0 aromatic carbocycles. The van der Waals surface area contributed by atoms with E-state index in [-0.39, 0.29) is 0 Å². The third-order valence-corrected chi connectivity index (χ3v) is 0.443. The van der Waals surface area contributed by atoms with Crippen molar-refractivity contribution in [1.29, 1.82) is 0 Å². The van der Waals surface area contributed by atoms with Gasteiger partial charge in [-0.3, -0.25) is 5.26 Å². The predicted molar refractivity (Wildman–Crippen MR) is 22.5 cm³/mol. The molecule has 2 N–H and O–H groups in total. The fraction of sp³-hybridized carbons (Fsp3) is 1.00. The molecule has 3 nitrogen and oxygen atoms in total. The maximum atomic E-state index is 7.66. The lowest BCUT2D eigenvalue weighted by molar-refractivity contribution is -0.240. The zero-order chi connectivity index (χ0) is 4.83. The molecule has 0 saturated carbocycles. The maximum Gasteiger partial charge on any atom is 0.0944 e. The van der Waals surface area contributed by atoms with Crippen LogP contribution in [0.15, 0.2) is 0 Å². The molecule has 0 unspecified atom stereocenters. The Morgan fingerprint density at radius 1 is 1.83 bits per heavy atom. The summed E-state index contributed by atoms with van der Waals surface area (Å²) in [5.74, 6) is 0. The molecule has 0 amide bonds. The van der Waals surface area contributed by atoms with Crippen LogP contribution in [0.5, 0.6) is 0 Å². The van der Waals surface area contributed by atoms with Crippen LogP contribution in [-0.4, -0.2) is 25.5 Å². The van der Waals surface area contributed by atoms with Gasteiger partial charge in [-0.15, -0.1) is 0 Å². The van der Waals surface area contributed by atoms with Crippen LogP contribution < -0.4 is 5.32 Å². The standard InChI is InChI=1S/C3H9NO2/c1-4-2-3-6-5/h4-5H,2-3H2,1H3. The summed E-state index contributed by atoms with van der Waals surface area (Å²) < 4.78 is 0.